The third-order valence-electron chi connectivity index (χ3n) is 2.80. The monoisotopic (exact) mass is 282 g/mol. The van der Waals surface area contributed by atoms with Gasteiger partial charge in [-0.2, -0.15) is 0 Å². The van der Waals surface area contributed by atoms with Gasteiger partial charge in [-0.1, -0.05) is 18.6 Å². The highest BCUT2D eigenvalue weighted by Crippen LogP contribution is 2.39. The molecule has 2 heterocycles. The van der Waals surface area contributed by atoms with Crippen LogP contribution in [0.3, 0.4) is 0 Å². The van der Waals surface area contributed by atoms with E-state index in [1.54, 1.807) is 22.1 Å². The van der Waals surface area contributed by atoms with E-state index in [4.69, 9.17) is 0 Å². The number of benzene rings is 1. The van der Waals surface area contributed by atoms with Gasteiger partial charge < -0.3 is 0 Å². The quantitative estimate of drug-likeness (QED) is 0.611. The number of nitrogens with zero attached hydrogens (tertiary/aromatic N) is 2. The van der Waals surface area contributed by atoms with E-state index < -0.39 is 0 Å². The Labute approximate surface area is 113 Å². The molecule has 1 aromatic heterocycles. The summed E-state index contributed by atoms with van der Waals surface area (Å²) in [6.45, 7) is 2.45. The van der Waals surface area contributed by atoms with E-state index in [2.05, 4.69) is 27.5 Å². The van der Waals surface area contributed by atoms with E-state index in [1.807, 2.05) is 17.0 Å². The van der Waals surface area contributed by atoms with Gasteiger partial charge in [0.1, 0.15) is 0 Å². The van der Waals surface area contributed by atoms with Gasteiger partial charge in [-0.15, -0.1) is 11.3 Å². The molecule has 0 saturated carbocycles. The molecule has 2 nitrogen and oxygen atoms in total. The van der Waals surface area contributed by atoms with Crippen molar-refractivity contribution in [2.75, 3.05) is 13.1 Å². The van der Waals surface area contributed by atoms with Crippen molar-refractivity contribution in [3.05, 3.63) is 24.3 Å². The summed E-state index contributed by atoms with van der Waals surface area (Å²) in [5.74, 6) is 0. The predicted octanol–water partition coefficient (Wildman–Crippen LogP) is 4.44. The van der Waals surface area contributed by atoms with Gasteiger partial charge in [0.2, 0.25) is 0 Å². The fourth-order valence-electron chi connectivity index (χ4n) is 1.91. The van der Waals surface area contributed by atoms with Crippen molar-refractivity contribution in [3.63, 3.8) is 0 Å². The number of hydrogen-bond acceptors (Lipinski definition) is 5. The summed E-state index contributed by atoms with van der Waals surface area (Å²) in [6.07, 6.45) is 4.07. The van der Waals surface area contributed by atoms with Crippen LogP contribution in [0.1, 0.15) is 19.3 Å². The van der Waals surface area contributed by atoms with Crippen LogP contribution in [-0.4, -0.2) is 22.4 Å². The lowest BCUT2D eigenvalue weighted by Crippen LogP contribution is -2.21. The van der Waals surface area contributed by atoms with Crippen molar-refractivity contribution in [2.45, 2.75) is 23.6 Å². The summed E-state index contributed by atoms with van der Waals surface area (Å²) < 4.78 is 4.91. The first kappa shape index (κ1) is 11.8. The van der Waals surface area contributed by atoms with Crippen molar-refractivity contribution in [1.29, 1.82) is 0 Å². The Balaban J connectivity index is 1.64. The summed E-state index contributed by atoms with van der Waals surface area (Å²) in [4.78, 5) is 4.63. The number of aromatic nitrogens is 1. The predicted molar refractivity (Wildman–Crippen MR) is 78.5 cm³/mol. The molecule has 0 atom stereocenters. The summed E-state index contributed by atoms with van der Waals surface area (Å²) >= 11 is 1.79. The number of para-hydroxylation sites is 1. The van der Waals surface area contributed by atoms with E-state index in [0.717, 1.165) is 5.52 Å². The normalized spacial score (nSPS) is 17.6. The molecule has 0 N–H and O–H groups in total. The Kier molecular flexibility index (Phi) is 3.90. The molecule has 5 heteroatoms. The van der Waals surface area contributed by atoms with Crippen LogP contribution < -0.4 is 0 Å². The minimum Gasteiger partial charge on any atom is -0.241 e. The van der Waals surface area contributed by atoms with Gasteiger partial charge in [0.25, 0.3) is 0 Å². The molecule has 90 valence electrons. The molecule has 1 fully saturated rings. The summed E-state index contributed by atoms with van der Waals surface area (Å²) in [6, 6.07) is 8.35. The first-order valence-corrected chi connectivity index (χ1v) is 8.79. The van der Waals surface area contributed by atoms with Crippen molar-refractivity contribution in [3.8, 4) is 0 Å². The van der Waals surface area contributed by atoms with Gasteiger partial charge in [-0.25, -0.2) is 9.29 Å². The summed E-state index contributed by atoms with van der Waals surface area (Å²) in [5.41, 5.74) is 1.12. The SMILES string of the molecule is c1ccc2sc(SSN3CCCCC3)nc2c1. The molecule has 3 rings (SSSR count). The van der Waals surface area contributed by atoms with Gasteiger partial charge in [-0.05, 0) is 46.7 Å². The molecule has 17 heavy (non-hydrogen) atoms. The van der Waals surface area contributed by atoms with E-state index in [-0.39, 0.29) is 0 Å². The smallest absolute Gasteiger partial charge is 0.162 e. The Bertz CT molecular complexity index is 458. The average molecular weight is 282 g/mol. The first-order chi connectivity index (χ1) is 8.42. The Morgan fingerprint density at radius 3 is 2.76 bits per heavy atom. The third-order valence-corrected chi connectivity index (χ3v) is 6.66. The van der Waals surface area contributed by atoms with Crippen LogP contribution in [0.15, 0.2) is 28.6 Å². The lowest BCUT2D eigenvalue weighted by atomic mass is 10.2. The molecule has 1 aliphatic heterocycles. The standard InChI is InChI=1S/C12H14N2S3/c1-4-8-14(9-5-1)17-16-12-13-10-6-2-3-7-11(10)15-12/h2-3,6-7H,1,4-5,8-9H2. The number of fused-ring (bicyclic) bond motifs is 1. The number of thiazole rings is 1. The lowest BCUT2D eigenvalue weighted by molar-refractivity contribution is 0.384. The first-order valence-electron chi connectivity index (χ1n) is 5.87. The molecule has 0 spiro atoms. The van der Waals surface area contributed by atoms with Crippen LogP contribution in [0.25, 0.3) is 10.2 Å². The average Bonchev–Trinajstić information content (AvgIpc) is 2.80. The largest absolute Gasteiger partial charge is 0.241 e. The Morgan fingerprint density at radius 2 is 1.94 bits per heavy atom. The number of piperidine rings is 1. The van der Waals surface area contributed by atoms with E-state index in [0.29, 0.717) is 0 Å². The van der Waals surface area contributed by atoms with Crippen LogP contribution in [0.4, 0.5) is 0 Å². The number of hydrogen-bond donors (Lipinski definition) is 0. The maximum absolute atomic E-state index is 4.63. The fourth-order valence-corrected chi connectivity index (χ4v) is 5.37. The zero-order valence-electron chi connectivity index (χ0n) is 9.46. The van der Waals surface area contributed by atoms with Gasteiger partial charge in [0.05, 0.1) is 10.2 Å². The topological polar surface area (TPSA) is 16.1 Å². The van der Waals surface area contributed by atoms with Crippen molar-refractivity contribution in [2.24, 2.45) is 0 Å². The van der Waals surface area contributed by atoms with Gasteiger partial charge >= 0.3 is 0 Å². The molecular weight excluding hydrogens is 268 g/mol. The molecule has 0 aliphatic carbocycles. The van der Waals surface area contributed by atoms with Crippen molar-refractivity contribution >= 4 is 43.3 Å². The molecule has 0 bridgehead atoms. The minimum absolute atomic E-state index is 1.12. The second kappa shape index (κ2) is 5.61. The van der Waals surface area contributed by atoms with Crippen LogP contribution in [0.2, 0.25) is 0 Å². The molecule has 0 amide bonds. The molecule has 1 saturated heterocycles. The minimum atomic E-state index is 1.12. The zero-order chi connectivity index (χ0) is 11.5. The second-order valence-corrected chi connectivity index (χ2v) is 7.55. The maximum atomic E-state index is 4.63. The maximum Gasteiger partial charge on any atom is 0.162 e. The molecule has 2 aromatic rings. The molecule has 0 unspecified atom stereocenters. The van der Waals surface area contributed by atoms with E-state index in [9.17, 15) is 0 Å². The van der Waals surface area contributed by atoms with Crippen molar-refractivity contribution < 1.29 is 0 Å². The highest BCUT2D eigenvalue weighted by atomic mass is 33.1. The molecule has 1 aliphatic rings. The summed E-state index contributed by atoms with van der Waals surface area (Å²) in [7, 11) is 3.67. The van der Waals surface area contributed by atoms with Crippen LogP contribution in [0, 0.1) is 0 Å². The highest BCUT2D eigenvalue weighted by molar-refractivity contribution is 8.76. The lowest BCUT2D eigenvalue weighted by Gasteiger charge is -2.23. The van der Waals surface area contributed by atoms with Crippen LogP contribution >= 0.6 is 33.1 Å². The second-order valence-electron chi connectivity index (χ2n) is 4.10. The molecule has 1 aromatic carbocycles. The molecule has 0 radical (unpaired) electrons. The van der Waals surface area contributed by atoms with E-state index in [1.165, 1.54) is 41.4 Å². The van der Waals surface area contributed by atoms with Gasteiger partial charge in [0, 0.05) is 13.1 Å². The van der Waals surface area contributed by atoms with E-state index >= 15 is 0 Å². The summed E-state index contributed by atoms with van der Waals surface area (Å²) in [5, 5.41) is 0. The number of rotatable bonds is 3. The van der Waals surface area contributed by atoms with Gasteiger partial charge in [-0.3, -0.25) is 0 Å². The molecular formula is C12H14N2S3. The van der Waals surface area contributed by atoms with Crippen LogP contribution in [0.5, 0.6) is 0 Å². The Hall–Kier alpha value is -0.230. The zero-order valence-corrected chi connectivity index (χ0v) is 11.9. The third kappa shape index (κ3) is 2.96. The fraction of sp³-hybridized carbons (Fsp3) is 0.417. The van der Waals surface area contributed by atoms with Gasteiger partial charge in [0.15, 0.2) is 4.34 Å². The van der Waals surface area contributed by atoms with Crippen LogP contribution in [-0.2, 0) is 0 Å². The Morgan fingerprint density at radius 1 is 1.12 bits per heavy atom. The highest BCUT2D eigenvalue weighted by Gasteiger charge is 2.12. The van der Waals surface area contributed by atoms with Crippen molar-refractivity contribution in [1.82, 2.24) is 9.29 Å².